The number of aryl methyl sites for hydroxylation is 1. The van der Waals surface area contributed by atoms with Crippen LogP contribution in [0.3, 0.4) is 0 Å². The molecular weight excluding hydrogens is 332 g/mol. The zero-order chi connectivity index (χ0) is 17.6. The van der Waals surface area contributed by atoms with Gasteiger partial charge >= 0.3 is 0 Å². The molecule has 1 amide bonds. The summed E-state index contributed by atoms with van der Waals surface area (Å²) in [6, 6.07) is 15.6. The minimum atomic E-state index is -0.129. The second-order valence-electron chi connectivity index (χ2n) is 5.74. The predicted octanol–water partition coefficient (Wildman–Crippen LogP) is 4.68. The lowest BCUT2D eigenvalue weighted by molar-refractivity contribution is -0.115. The van der Waals surface area contributed by atoms with E-state index in [0.717, 1.165) is 23.4 Å². The number of aliphatic imine (C=N–C) groups is 1. The van der Waals surface area contributed by atoms with Gasteiger partial charge in [0.1, 0.15) is 5.75 Å². The fourth-order valence-corrected chi connectivity index (χ4v) is 3.12. The number of amides is 1. The summed E-state index contributed by atoms with van der Waals surface area (Å²) in [7, 11) is 0. The summed E-state index contributed by atoms with van der Waals surface area (Å²) in [5.74, 6) is 0.684. The van der Waals surface area contributed by atoms with Crippen molar-refractivity contribution >= 4 is 34.6 Å². The Kier molecular flexibility index (Phi) is 5.56. The van der Waals surface area contributed by atoms with Gasteiger partial charge in [0.15, 0.2) is 5.17 Å². The third kappa shape index (κ3) is 4.73. The molecule has 128 valence electrons. The van der Waals surface area contributed by atoms with Crippen LogP contribution >= 0.6 is 11.8 Å². The van der Waals surface area contributed by atoms with Crippen LogP contribution in [-0.4, -0.2) is 17.7 Å². The Balaban J connectivity index is 1.76. The van der Waals surface area contributed by atoms with Gasteiger partial charge in [-0.2, -0.15) is 0 Å². The van der Waals surface area contributed by atoms with Crippen molar-refractivity contribution in [2.75, 3.05) is 6.61 Å². The number of hydrogen-bond acceptors (Lipinski definition) is 4. The van der Waals surface area contributed by atoms with E-state index in [1.807, 2.05) is 61.5 Å². The fraction of sp³-hybridized carbons (Fsp3) is 0.200. The van der Waals surface area contributed by atoms with E-state index in [9.17, 15) is 4.79 Å². The summed E-state index contributed by atoms with van der Waals surface area (Å²) >= 11 is 1.35. The van der Waals surface area contributed by atoms with Crippen LogP contribution in [0.2, 0.25) is 0 Å². The maximum atomic E-state index is 12.2. The van der Waals surface area contributed by atoms with Gasteiger partial charge in [-0.05, 0) is 61.0 Å². The van der Waals surface area contributed by atoms with Crippen molar-refractivity contribution in [3.8, 4) is 5.75 Å². The molecule has 0 saturated carbocycles. The molecule has 3 rings (SSSR count). The molecule has 1 heterocycles. The number of rotatable bonds is 5. The van der Waals surface area contributed by atoms with Crippen molar-refractivity contribution in [2.24, 2.45) is 4.99 Å². The first-order valence-corrected chi connectivity index (χ1v) is 9.05. The SMILES string of the molecule is CCCOc1cccc(/C=C2\SC(=Nc3ccc(C)cc3)NC2=O)c1. The molecule has 1 aliphatic heterocycles. The van der Waals surface area contributed by atoms with Crippen molar-refractivity contribution in [2.45, 2.75) is 20.3 Å². The molecule has 0 atom stereocenters. The molecule has 1 N–H and O–H groups in total. The Morgan fingerprint density at radius 3 is 2.76 bits per heavy atom. The van der Waals surface area contributed by atoms with E-state index >= 15 is 0 Å². The van der Waals surface area contributed by atoms with Crippen LogP contribution in [0.1, 0.15) is 24.5 Å². The average Bonchev–Trinajstić information content (AvgIpc) is 2.94. The highest BCUT2D eigenvalue weighted by atomic mass is 32.2. The Morgan fingerprint density at radius 1 is 1.20 bits per heavy atom. The maximum absolute atomic E-state index is 12.2. The zero-order valence-corrected chi connectivity index (χ0v) is 15.1. The third-order valence-electron chi connectivity index (χ3n) is 3.54. The van der Waals surface area contributed by atoms with E-state index in [2.05, 4.69) is 17.2 Å². The average molecular weight is 352 g/mol. The van der Waals surface area contributed by atoms with Gasteiger partial charge in [0.05, 0.1) is 17.2 Å². The number of thioether (sulfide) groups is 1. The summed E-state index contributed by atoms with van der Waals surface area (Å²) in [5.41, 5.74) is 2.94. The summed E-state index contributed by atoms with van der Waals surface area (Å²) in [6.45, 7) is 4.78. The van der Waals surface area contributed by atoms with Gasteiger partial charge in [0.2, 0.25) is 0 Å². The van der Waals surface area contributed by atoms with Crippen LogP contribution in [0.4, 0.5) is 5.69 Å². The van der Waals surface area contributed by atoms with E-state index in [-0.39, 0.29) is 5.91 Å². The molecule has 0 spiro atoms. The number of ether oxygens (including phenoxy) is 1. The molecule has 0 radical (unpaired) electrons. The summed E-state index contributed by atoms with van der Waals surface area (Å²) in [5, 5.41) is 3.41. The van der Waals surface area contributed by atoms with Crippen LogP contribution in [0.5, 0.6) is 5.75 Å². The van der Waals surface area contributed by atoms with E-state index in [0.29, 0.717) is 16.7 Å². The van der Waals surface area contributed by atoms with Crippen LogP contribution < -0.4 is 10.1 Å². The fourth-order valence-electron chi connectivity index (χ4n) is 2.28. The van der Waals surface area contributed by atoms with Gasteiger partial charge in [0.25, 0.3) is 5.91 Å². The number of amidine groups is 1. The zero-order valence-electron chi connectivity index (χ0n) is 14.3. The summed E-state index contributed by atoms with van der Waals surface area (Å²) < 4.78 is 5.64. The Morgan fingerprint density at radius 2 is 2.00 bits per heavy atom. The first kappa shape index (κ1) is 17.3. The highest BCUT2D eigenvalue weighted by Gasteiger charge is 2.23. The van der Waals surface area contributed by atoms with Crippen LogP contribution in [0.15, 0.2) is 58.4 Å². The van der Waals surface area contributed by atoms with Crippen molar-refractivity contribution in [1.29, 1.82) is 0 Å². The molecule has 0 unspecified atom stereocenters. The lowest BCUT2D eigenvalue weighted by Crippen LogP contribution is -2.19. The number of carbonyl (C=O) groups excluding carboxylic acids is 1. The molecule has 1 fully saturated rings. The van der Waals surface area contributed by atoms with Gasteiger partial charge in [-0.15, -0.1) is 0 Å². The topological polar surface area (TPSA) is 50.7 Å². The van der Waals surface area contributed by atoms with Crippen LogP contribution in [-0.2, 0) is 4.79 Å². The third-order valence-corrected chi connectivity index (χ3v) is 4.45. The van der Waals surface area contributed by atoms with Crippen molar-refractivity contribution in [1.82, 2.24) is 5.32 Å². The van der Waals surface area contributed by atoms with E-state index in [1.54, 1.807) is 0 Å². The summed E-state index contributed by atoms with van der Waals surface area (Å²) in [6.07, 6.45) is 2.82. The Bertz CT molecular complexity index is 826. The van der Waals surface area contributed by atoms with E-state index in [1.165, 1.54) is 17.3 Å². The molecule has 1 saturated heterocycles. The Hall–Kier alpha value is -2.53. The van der Waals surface area contributed by atoms with Crippen LogP contribution in [0.25, 0.3) is 6.08 Å². The highest BCUT2D eigenvalue weighted by Crippen LogP contribution is 2.28. The molecule has 0 aromatic heterocycles. The second-order valence-corrected chi connectivity index (χ2v) is 6.77. The van der Waals surface area contributed by atoms with Gasteiger partial charge in [-0.1, -0.05) is 36.8 Å². The van der Waals surface area contributed by atoms with Crippen molar-refractivity contribution in [3.05, 3.63) is 64.6 Å². The van der Waals surface area contributed by atoms with Gasteiger partial charge in [0, 0.05) is 0 Å². The molecule has 0 aliphatic carbocycles. The van der Waals surface area contributed by atoms with Crippen molar-refractivity contribution in [3.63, 3.8) is 0 Å². The van der Waals surface area contributed by atoms with Crippen molar-refractivity contribution < 1.29 is 9.53 Å². The summed E-state index contributed by atoms with van der Waals surface area (Å²) in [4.78, 5) is 17.3. The van der Waals surface area contributed by atoms with E-state index in [4.69, 9.17) is 4.74 Å². The highest BCUT2D eigenvalue weighted by molar-refractivity contribution is 8.18. The molecule has 2 aromatic carbocycles. The Labute approximate surface area is 152 Å². The maximum Gasteiger partial charge on any atom is 0.264 e. The molecule has 5 heteroatoms. The number of nitrogens with zero attached hydrogens (tertiary/aromatic N) is 1. The molecule has 0 bridgehead atoms. The predicted molar refractivity (Wildman–Crippen MR) is 104 cm³/mol. The van der Waals surface area contributed by atoms with Crippen LogP contribution in [0, 0.1) is 6.92 Å². The van der Waals surface area contributed by atoms with Gasteiger partial charge in [-0.25, -0.2) is 4.99 Å². The quantitative estimate of drug-likeness (QED) is 0.795. The largest absolute Gasteiger partial charge is 0.494 e. The van der Waals surface area contributed by atoms with E-state index < -0.39 is 0 Å². The standard InChI is InChI=1S/C20H20N2O2S/c1-3-11-24-17-6-4-5-15(12-17)13-18-19(23)22-20(25-18)21-16-9-7-14(2)8-10-16/h4-10,12-13H,3,11H2,1-2H3,(H,21,22,23)/b18-13-. The second kappa shape index (κ2) is 8.03. The molecule has 1 aliphatic rings. The molecule has 25 heavy (non-hydrogen) atoms. The number of carbonyl (C=O) groups is 1. The number of nitrogens with one attached hydrogen (secondary N) is 1. The van der Waals surface area contributed by atoms with Gasteiger partial charge in [-0.3, -0.25) is 4.79 Å². The van der Waals surface area contributed by atoms with Gasteiger partial charge < -0.3 is 10.1 Å². The molecule has 2 aromatic rings. The molecular formula is C20H20N2O2S. The molecule has 4 nitrogen and oxygen atoms in total. The minimum absolute atomic E-state index is 0.129. The monoisotopic (exact) mass is 352 g/mol. The first-order valence-electron chi connectivity index (χ1n) is 8.23. The lowest BCUT2D eigenvalue weighted by atomic mass is 10.2. The lowest BCUT2D eigenvalue weighted by Gasteiger charge is -2.04. The number of benzene rings is 2. The normalized spacial score (nSPS) is 17.1. The first-order chi connectivity index (χ1) is 12.1. The smallest absolute Gasteiger partial charge is 0.264 e. The minimum Gasteiger partial charge on any atom is -0.494 e. The number of hydrogen-bond donors (Lipinski definition) is 1.